The molecule has 116 valence electrons. The Morgan fingerprint density at radius 3 is 2.67 bits per heavy atom. The van der Waals surface area contributed by atoms with Gasteiger partial charge in [0, 0.05) is 6.04 Å². The van der Waals surface area contributed by atoms with Gasteiger partial charge in [-0.2, -0.15) is 0 Å². The molecular formula is C16H23NO4. The molecule has 0 aliphatic carbocycles. The third-order valence-corrected chi connectivity index (χ3v) is 3.13. The van der Waals surface area contributed by atoms with Crippen molar-refractivity contribution in [2.24, 2.45) is 0 Å². The molecular weight excluding hydrogens is 270 g/mol. The number of hydrogen-bond acceptors (Lipinski definition) is 4. The number of carbonyl (C=O) groups is 2. The predicted molar refractivity (Wildman–Crippen MR) is 81.0 cm³/mol. The van der Waals surface area contributed by atoms with Gasteiger partial charge in [-0.25, -0.2) is 0 Å². The summed E-state index contributed by atoms with van der Waals surface area (Å²) in [4.78, 5) is 23.1. The Bertz CT molecular complexity index is 487. The van der Waals surface area contributed by atoms with Crippen LogP contribution in [0, 0.1) is 0 Å². The summed E-state index contributed by atoms with van der Waals surface area (Å²) in [6.07, 6.45) is 1.93. The van der Waals surface area contributed by atoms with Crippen molar-refractivity contribution in [2.45, 2.75) is 45.8 Å². The fourth-order valence-electron chi connectivity index (χ4n) is 1.96. The topological polar surface area (TPSA) is 64.6 Å². The van der Waals surface area contributed by atoms with Crippen LogP contribution in [0.1, 0.15) is 44.0 Å². The zero-order valence-electron chi connectivity index (χ0n) is 13.0. The fourth-order valence-corrected chi connectivity index (χ4v) is 1.96. The van der Waals surface area contributed by atoms with Gasteiger partial charge in [0.2, 0.25) is 0 Å². The summed E-state index contributed by atoms with van der Waals surface area (Å²) < 4.78 is 10.6. The Labute approximate surface area is 125 Å². The molecule has 1 rings (SSSR count). The van der Waals surface area contributed by atoms with Gasteiger partial charge in [-0.15, -0.1) is 0 Å². The normalized spacial score (nSPS) is 13.1. The molecule has 0 heterocycles. The Morgan fingerprint density at radius 2 is 2.10 bits per heavy atom. The molecule has 1 amide bonds. The second-order valence-corrected chi connectivity index (χ2v) is 4.98. The molecule has 0 aliphatic rings. The highest BCUT2D eigenvalue weighted by molar-refractivity contribution is 5.83. The molecule has 5 heteroatoms. The summed E-state index contributed by atoms with van der Waals surface area (Å²) in [6.45, 7) is 5.68. The van der Waals surface area contributed by atoms with Gasteiger partial charge in [-0.3, -0.25) is 9.59 Å². The van der Waals surface area contributed by atoms with E-state index >= 15 is 0 Å². The molecule has 21 heavy (non-hydrogen) atoms. The van der Waals surface area contributed by atoms with Crippen LogP contribution in [0.15, 0.2) is 18.2 Å². The Hall–Kier alpha value is -2.04. The van der Waals surface area contributed by atoms with Crippen LogP contribution >= 0.6 is 0 Å². The van der Waals surface area contributed by atoms with E-state index in [9.17, 15) is 9.59 Å². The molecule has 0 saturated carbocycles. The monoisotopic (exact) mass is 293 g/mol. The Balaban J connectivity index is 2.71. The van der Waals surface area contributed by atoms with E-state index in [0.29, 0.717) is 23.3 Å². The molecule has 1 aromatic carbocycles. The van der Waals surface area contributed by atoms with Crippen LogP contribution in [0.25, 0.3) is 0 Å². The van der Waals surface area contributed by atoms with Crippen molar-refractivity contribution >= 4 is 12.2 Å². The van der Waals surface area contributed by atoms with E-state index < -0.39 is 6.10 Å². The molecule has 2 unspecified atom stereocenters. The molecule has 1 aromatic rings. The lowest BCUT2D eigenvalue weighted by Crippen LogP contribution is -2.41. The highest BCUT2D eigenvalue weighted by Crippen LogP contribution is 2.23. The van der Waals surface area contributed by atoms with Gasteiger partial charge in [0.05, 0.1) is 12.7 Å². The summed E-state index contributed by atoms with van der Waals surface area (Å²) in [5.41, 5.74) is 0.357. The number of nitrogens with one attached hydrogen (secondary N) is 1. The first-order valence-corrected chi connectivity index (χ1v) is 7.12. The summed E-state index contributed by atoms with van der Waals surface area (Å²) in [7, 11) is 1.52. The zero-order valence-corrected chi connectivity index (χ0v) is 13.0. The quantitative estimate of drug-likeness (QED) is 0.748. The van der Waals surface area contributed by atoms with Gasteiger partial charge in [0.15, 0.2) is 12.4 Å². The molecule has 0 spiro atoms. The van der Waals surface area contributed by atoms with E-state index in [2.05, 4.69) is 12.2 Å². The second-order valence-electron chi connectivity index (χ2n) is 4.98. The van der Waals surface area contributed by atoms with Crippen molar-refractivity contribution in [3.63, 3.8) is 0 Å². The zero-order chi connectivity index (χ0) is 15.8. The molecule has 0 radical (unpaired) electrons. The van der Waals surface area contributed by atoms with Crippen molar-refractivity contribution in [1.29, 1.82) is 0 Å². The lowest BCUT2D eigenvalue weighted by Gasteiger charge is -2.19. The minimum Gasteiger partial charge on any atom is -0.497 e. The number of methoxy groups -OCH3 is 1. The van der Waals surface area contributed by atoms with Crippen molar-refractivity contribution in [3.8, 4) is 11.5 Å². The van der Waals surface area contributed by atoms with Crippen LogP contribution in [0.2, 0.25) is 0 Å². The van der Waals surface area contributed by atoms with Crippen molar-refractivity contribution in [3.05, 3.63) is 23.8 Å². The first kappa shape index (κ1) is 17.0. The van der Waals surface area contributed by atoms with E-state index in [4.69, 9.17) is 9.47 Å². The van der Waals surface area contributed by atoms with Crippen molar-refractivity contribution in [1.82, 2.24) is 5.32 Å². The highest BCUT2D eigenvalue weighted by Gasteiger charge is 2.18. The molecule has 0 aromatic heterocycles. The minimum absolute atomic E-state index is 0.106. The van der Waals surface area contributed by atoms with Crippen LogP contribution in [0.5, 0.6) is 11.5 Å². The lowest BCUT2D eigenvalue weighted by atomic mass is 10.2. The van der Waals surface area contributed by atoms with Gasteiger partial charge >= 0.3 is 0 Å². The number of benzene rings is 1. The van der Waals surface area contributed by atoms with E-state index in [1.165, 1.54) is 7.11 Å². The van der Waals surface area contributed by atoms with Gasteiger partial charge in [-0.1, -0.05) is 13.3 Å². The molecule has 5 nitrogen and oxygen atoms in total. The number of aldehydes is 1. The van der Waals surface area contributed by atoms with Gasteiger partial charge in [0.1, 0.15) is 11.5 Å². The van der Waals surface area contributed by atoms with E-state index in [0.717, 1.165) is 12.8 Å². The maximum atomic E-state index is 12.0. The second kappa shape index (κ2) is 8.29. The maximum absolute atomic E-state index is 12.0. The number of carbonyl (C=O) groups excluding carboxylic acids is 2. The molecule has 0 saturated heterocycles. The average Bonchev–Trinajstić information content (AvgIpc) is 2.47. The summed E-state index contributed by atoms with van der Waals surface area (Å²) in [6, 6.07) is 5.00. The van der Waals surface area contributed by atoms with Crippen LogP contribution in [0.3, 0.4) is 0 Å². The highest BCUT2D eigenvalue weighted by atomic mass is 16.5. The largest absolute Gasteiger partial charge is 0.497 e. The van der Waals surface area contributed by atoms with Gasteiger partial charge in [-0.05, 0) is 38.5 Å². The van der Waals surface area contributed by atoms with Gasteiger partial charge in [0.25, 0.3) is 5.91 Å². The smallest absolute Gasteiger partial charge is 0.260 e. The van der Waals surface area contributed by atoms with Crippen molar-refractivity contribution in [2.75, 3.05) is 7.11 Å². The summed E-state index contributed by atoms with van der Waals surface area (Å²) in [5.74, 6) is 0.748. The number of rotatable bonds is 8. The lowest BCUT2D eigenvalue weighted by molar-refractivity contribution is -0.127. The van der Waals surface area contributed by atoms with E-state index in [1.54, 1.807) is 25.1 Å². The minimum atomic E-state index is -0.670. The Kier molecular flexibility index (Phi) is 6.72. The molecule has 2 atom stereocenters. The van der Waals surface area contributed by atoms with Crippen LogP contribution in [-0.2, 0) is 4.79 Å². The van der Waals surface area contributed by atoms with E-state index in [1.807, 2.05) is 6.92 Å². The maximum Gasteiger partial charge on any atom is 0.260 e. The van der Waals surface area contributed by atoms with Crippen LogP contribution in [-0.4, -0.2) is 31.4 Å². The fraction of sp³-hybridized carbons (Fsp3) is 0.500. The van der Waals surface area contributed by atoms with Gasteiger partial charge < -0.3 is 14.8 Å². The third kappa shape index (κ3) is 5.10. The molecule has 1 N–H and O–H groups in total. The number of amides is 1. The van der Waals surface area contributed by atoms with E-state index in [-0.39, 0.29) is 11.9 Å². The standard InChI is InChI=1S/C16H23NO4/c1-5-6-11(2)17-16(19)12(3)21-15-8-7-14(20-4)9-13(15)10-18/h7-12H,5-6H2,1-4H3,(H,17,19). The number of ether oxygens (including phenoxy) is 2. The third-order valence-electron chi connectivity index (χ3n) is 3.13. The van der Waals surface area contributed by atoms with Crippen LogP contribution < -0.4 is 14.8 Å². The molecule has 0 aliphatic heterocycles. The molecule has 0 fully saturated rings. The first-order valence-electron chi connectivity index (χ1n) is 7.12. The first-order chi connectivity index (χ1) is 10.0. The Morgan fingerprint density at radius 1 is 1.38 bits per heavy atom. The SMILES string of the molecule is CCCC(C)NC(=O)C(C)Oc1ccc(OC)cc1C=O. The van der Waals surface area contributed by atoms with Crippen molar-refractivity contribution < 1.29 is 19.1 Å². The number of hydrogen-bond donors (Lipinski definition) is 1. The van der Waals surface area contributed by atoms with Crippen LogP contribution in [0.4, 0.5) is 0 Å². The average molecular weight is 293 g/mol. The molecule has 0 bridgehead atoms. The summed E-state index contributed by atoms with van der Waals surface area (Å²) >= 11 is 0. The predicted octanol–water partition coefficient (Wildman–Crippen LogP) is 2.58. The summed E-state index contributed by atoms with van der Waals surface area (Å²) in [5, 5.41) is 2.88.